The smallest absolute Gasteiger partial charge is 0.245 e. The summed E-state index contributed by atoms with van der Waals surface area (Å²) in [7, 11) is 4.55. The van der Waals surface area contributed by atoms with Crippen LogP contribution in [-0.2, 0) is 9.59 Å². The highest BCUT2D eigenvalue weighted by Gasteiger charge is 2.35. The van der Waals surface area contributed by atoms with Crippen LogP contribution in [0.1, 0.15) is 12.0 Å². The summed E-state index contributed by atoms with van der Waals surface area (Å²) >= 11 is 5.89. The Kier molecular flexibility index (Phi) is 6.79. The third-order valence-electron chi connectivity index (χ3n) is 4.71. The zero-order chi connectivity index (χ0) is 21.7. The van der Waals surface area contributed by atoms with Gasteiger partial charge in [-0.05, 0) is 36.4 Å². The number of ether oxygens (including phenoxy) is 3. The molecule has 1 N–H and O–H groups in total. The maximum absolute atomic E-state index is 12.5. The predicted molar refractivity (Wildman–Crippen MR) is 114 cm³/mol. The second kappa shape index (κ2) is 9.49. The number of nitrogens with one attached hydrogen (secondary N) is 1. The van der Waals surface area contributed by atoms with Gasteiger partial charge in [0.1, 0.15) is 0 Å². The van der Waals surface area contributed by atoms with Crippen molar-refractivity contribution in [2.24, 2.45) is 11.0 Å². The number of rotatable bonds is 7. The molecule has 158 valence electrons. The van der Waals surface area contributed by atoms with Gasteiger partial charge in [0.05, 0.1) is 33.5 Å². The van der Waals surface area contributed by atoms with Gasteiger partial charge in [-0.25, -0.2) is 5.43 Å². The predicted octanol–water partition coefficient (Wildman–Crippen LogP) is 2.87. The quantitative estimate of drug-likeness (QED) is 0.538. The molecule has 0 radical (unpaired) electrons. The van der Waals surface area contributed by atoms with Crippen molar-refractivity contribution in [1.29, 1.82) is 0 Å². The van der Waals surface area contributed by atoms with E-state index in [-0.39, 0.29) is 24.8 Å². The van der Waals surface area contributed by atoms with Crippen molar-refractivity contribution in [3.8, 4) is 17.2 Å². The van der Waals surface area contributed by atoms with E-state index in [1.165, 1.54) is 27.5 Å². The van der Waals surface area contributed by atoms with Crippen LogP contribution in [0.3, 0.4) is 0 Å². The number of hydrogen-bond acceptors (Lipinski definition) is 6. The molecule has 30 heavy (non-hydrogen) atoms. The maximum atomic E-state index is 12.5. The van der Waals surface area contributed by atoms with Crippen LogP contribution in [0.4, 0.5) is 5.69 Å². The van der Waals surface area contributed by atoms with Gasteiger partial charge in [0, 0.05) is 29.2 Å². The first-order chi connectivity index (χ1) is 14.5. The molecule has 2 aromatic carbocycles. The Morgan fingerprint density at radius 3 is 2.33 bits per heavy atom. The van der Waals surface area contributed by atoms with Crippen LogP contribution in [0, 0.1) is 5.92 Å². The summed E-state index contributed by atoms with van der Waals surface area (Å²) in [5, 5.41) is 4.59. The van der Waals surface area contributed by atoms with Crippen LogP contribution in [-0.4, -0.2) is 45.9 Å². The summed E-state index contributed by atoms with van der Waals surface area (Å²) in [4.78, 5) is 26.3. The Labute approximate surface area is 179 Å². The molecule has 1 atom stereocenters. The zero-order valence-electron chi connectivity index (χ0n) is 16.8. The highest BCUT2D eigenvalue weighted by molar-refractivity contribution is 6.30. The second-order valence-corrected chi connectivity index (χ2v) is 7.01. The molecule has 0 aliphatic carbocycles. The van der Waals surface area contributed by atoms with Crippen molar-refractivity contribution in [2.45, 2.75) is 6.42 Å². The molecule has 3 rings (SSSR count). The standard InChI is InChI=1S/C21H22ClN3O5/c1-28-17-8-13(9-18(29-2)20(17)30-3)11-23-24-21(27)14-10-19(26)25(12-14)16-6-4-15(22)5-7-16/h4-9,11,14H,10,12H2,1-3H3,(H,24,27)/b23-11+. The number of benzene rings is 2. The normalized spacial score (nSPS) is 16.1. The van der Waals surface area contributed by atoms with E-state index in [1.54, 1.807) is 41.3 Å². The van der Waals surface area contributed by atoms with Crippen LogP contribution < -0.4 is 24.5 Å². The third-order valence-corrected chi connectivity index (χ3v) is 4.96. The first-order valence-corrected chi connectivity index (χ1v) is 9.53. The Bertz CT molecular complexity index is 937. The van der Waals surface area contributed by atoms with E-state index in [4.69, 9.17) is 25.8 Å². The van der Waals surface area contributed by atoms with Crippen molar-refractivity contribution in [2.75, 3.05) is 32.8 Å². The topological polar surface area (TPSA) is 89.5 Å². The van der Waals surface area contributed by atoms with E-state index in [0.717, 1.165) is 0 Å². The Balaban J connectivity index is 1.65. The molecule has 1 aliphatic rings. The van der Waals surface area contributed by atoms with Crippen LogP contribution in [0.15, 0.2) is 41.5 Å². The summed E-state index contributed by atoms with van der Waals surface area (Å²) in [6, 6.07) is 10.3. The first-order valence-electron chi connectivity index (χ1n) is 9.15. The van der Waals surface area contributed by atoms with Crippen LogP contribution in [0.25, 0.3) is 0 Å². The van der Waals surface area contributed by atoms with Gasteiger partial charge in [-0.1, -0.05) is 11.6 Å². The molecule has 1 aliphatic heterocycles. The molecule has 8 nitrogen and oxygen atoms in total. The largest absolute Gasteiger partial charge is 0.493 e. The molecular weight excluding hydrogens is 410 g/mol. The summed E-state index contributed by atoms with van der Waals surface area (Å²) in [6.07, 6.45) is 1.59. The fourth-order valence-corrected chi connectivity index (χ4v) is 3.32. The molecule has 0 saturated carbocycles. The molecule has 1 saturated heterocycles. The van der Waals surface area contributed by atoms with Gasteiger partial charge in [0.15, 0.2) is 11.5 Å². The number of hydrogen-bond donors (Lipinski definition) is 1. The molecule has 0 aromatic heterocycles. The van der Waals surface area contributed by atoms with E-state index in [1.807, 2.05) is 0 Å². The van der Waals surface area contributed by atoms with E-state index in [9.17, 15) is 9.59 Å². The van der Waals surface area contributed by atoms with Gasteiger partial charge < -0.3 is 19.1 Å². The van der Waals surface area contributed by atoms with Crippen LogP contribution in [0.2, 0.25) is 5.02 Å². The minimum absolute atomic E-state index is 0.119. The molecule has 1 heterocycles. The molecule has 1 fully saturated rings. The van der Waals surface area contributed by atoms with E-state index >= 15 is 0 Å². The lowest BCUT2D eigenvalue weighted by Gasteiger charge is -2.16. The number of methoxy groups -OCH3 is 3. The SMILES string of the molecule is COc1cc(/C=N/NC(=O)C2CC(=O)N(c3ccc(Cl)cc3)C2)cc(OC)c1OC. The fourth-order valence-electron chi connectivity index (χ4n) is 3.19. The van der Waals surface area contributed by atoms with Gasteiger partial charge in [-0.3, -0.25) is 9.59 Å². The molecule has 9 heteroatoms. The lowest BCUT2D eigenvalue weighted by atomic mass is 10.1. The summed E-state index contributed by atoms with van der Waals surface area (Å²) in [5.74, 6) is 0.474. The fraction of sp³-hybridized carbons (Fsp3) is 0.286. The van der Waals surface area contributed by atoms with Gasteiger partial charge in [0.25, 0.3) is 0 Å². The average Bonchev–Trinajstić information content (AvgIpc) is 3.15. The van der Waals surface area contributed by atoms with E-state index in [2.05, 4.69) is 10.5 Å². The number of amides is 2. The molecule has 2 aromatic rings. The third kappa shape index (κ3) is 4.65. The van der Waals surface area contributed by atoms with Crippen LogP contribution in [0.5, 0.6) is 17.2 Å². The maximum Gasteiger partial charge on any atom is 0.245 e. The minimum atomic E-state index is -0.495. The van der Waals surface area contributed by atoms with Gasteiger partial charge in [-0.2, -0.15) is 5.10 Å². The van der Waals surface area contributed by atoms with Crippen molar-refractivity contribution in [3.63, 3.8) is 0 Å². The summed E-state index contributed by atoms with van der Waals surface area (Å²) < 4.78 is 15.9. The zero-order valence-corrected chi connectivity index (χ0v) is 17.6. The lowest BCUT2D eigenvalue weighted by Crippen LogP contribution is -2.30. The molecule has 2 amide bonds. The molecule has 0 spiro atoms. The second-order valence-electron chi connectivity index (χ2n) is 6.57. The molecule has 0 bridgehead atoms. The number of carbonyl (C=O) groups is 2. The number of anilines is 1. The minimum Gasteiger partial charge on any atom is -0.493 e. The average molecular weight is 432 g/mol. The summed E-state index contributed by atoms with van der Waals surface area (Å²) in [5.41, 5.74) is 3.85. The van der Waals surface area contributed by atoms with Crippen LogP contribution >= 0.6 is 11.6 Å². The van der Waals surface area contributed by atoms with Gasteiger partial charge in [-0.15, -0.1) is 0 Å². The highest BCUT2D eigenvalue weighted by atomic mass is 35.5. The number of nitrogens with zero attached hydrogens (tertiary/aromatic N) is 2. The molecular formula is C21H22ClN3O5. The highest BCUT2D eigenvalue weighted by Crippen LogP contribution is 2.37. The van der Waals surface area contributed by atoms with Crippen molar-refractivity contribution >= 4 is 35.3 Å². The Morgan fingerprint density at radius 1 is 1.13 bits per heavy atom. The number of hydrazone groups is 1. The van der Waals surface area contributed by atoms with Gasteiger partial charge in [0.2, 0.25) is 17.6 Å². The monoisotopic (exact) mass is 431 g/mol. The van der Waals surface area contributed by atoms with Crippen molar-refractivity contribution in [3.05, 3.63) is 47.0 Å². The lowest BCUT2D eigenvalue weighted by molar-refractivity contribution is -0.126. The Hall–Kier alpha value is -3.26. The van der Waals surface area contributed by atoms with Gasteiger partial charge >= 0.3 is 0 Å². The first kappa shape index (κ1) is 21.4. The van der Waals surface area contributed by atoms with Crippen molar-refractivity contribution in [1.82, 2.24) is 5.43 Å². The van der Waals surface area contributed by atoms with Crippen molar-refractivity contribution < 1.29 is 23.8 Å². The summed E-state index contributed by atoms with van der Waals surface area (Å²) in [6.45, 7) is 0.284. The van der Waals surface area contributed by atoms with E-state index in [0.29, 0.717) is 33.5 Å². The molecule has 1 unspecified atom stereocenters. The number of carbonyl (C=O) groups excluding carboxylic acids is 2. The van der Waals surface area contributed by atoms with E-state index < -0.39 is 5.92 Å². The Morgan fingerprint density at radius 2 is 1.77 bits per heavy atom. The number of halogens is 1.